The Morgan fingerprint density at radius 3 is 2.55 bits per heavy atom. The van der Waals surface area contributed by atoms with Gasteiger partial charge in [0.2, 0.25) is 10.0 Å². The Balaban J connectivity index is 1.41. The minimum atomic E-state index is -3.31. The van der Waals surface area contributed by atoms with Crippen molar-refractivity contribution in [3.05, 3.63) is 103 Å². The zero-order valence-corrected chi connectivity index (χ0v) is 21.4. The first kappa shape index (κ1) is 23.8. The lowest BCUT2D eigenvalue weighted by Gasteiger charge is -2.06. The molecule has 3 heterocycles. The monoisotopic (exact) mass is 523 g/mol. The van der Waals surface area contributed by atoms with Crippen molar-refractivity contribution in [3.8, 4) is 22.4 Å². The minimum absolute atomic E-state index is 0.197. The molecule has 0 amide bonds. The van der Waals surface area contributed by atoms with E-state index in [9.17, 15) is 8.42 Å². The van der Waals surface area contributed by atoms with Crippen molar-refractivity contribution in [2.24, 2.45) is 0 Å². The molecule has 3 aromatic heterocycles. The molecule has 6 aromatic rings. The second-order valence-electron chi connectivity index (χ2n) is 9.23. The zero-order valence-electron chi connectivity index (χ0n) is 20.6. The Morgan fingerprint density at radius 1 is 0.921 bits per heavy atom. The van der Waals surface area contributed by atoms with Crippen LogP contribution in [-0.4, -0.2) is 39.1 Å². The third-order valence-electron chi connectivity index (χ3n) is 6.40. The lowest BCUT2D eigenvalue weighted by Crippen LogP contribution is -2.21. The van der Waals surface area contributed by atoms with E-state index in [2.05, 4.69) is 45.1 Å². The van der Waals surface area contributed by atoms with Crippen molar-refractivity contribution in [1.82, 2.24) is 29.1 Å². The summed E-state index contributed by atoms with van der Waals surface area (Å²) in [5.74, 6) is 0.367. The number of hydrogen-bond acceptors (Lipinski definition) is 6. The SMILES string of the molecule is CS(=O)(=O)NCc1cccc(-c2cc(-c3ccc4cn(Cc5ccccc5)nc4c3)c3c(N)ncnn23)c1. The molecule has 3 N–H and O–H groups in total. The van der Waals surface area contributed by atoms with E-state index in [1.165, 1.54) is 11.9 Å². The summed E-state index contributed by atoms with van der Waals surface area (Å²) in [5, 5.41) is 10.3. The van der Waals surface area contributed by atoms with Crippen molar-refractivity contribution >= 4 is 32.3 Å². The molecule has 38 heavy (non-hydrogen) atoms. The maximum absolute atomic E-state index is 11.6. The van der Waals surface area contributed by atoms with E-state index < -0.39 is 10.0 Å². The van der Waals surface area contributed by atoms with Crippen molar-refractivity contribution in [1.29, 1.82) is 0 Å². The lowest BCUT2D eigenvalue weighted by molar-refractivity contribution is 0.587. The van der Waals surface area contributed by atoms with Gasteiger partial charge in [0, 0.05) is 29.3 Å². The van der Waals surface area contributed by atoms with E-state index in [1.807, 2.05) is 59.4 Å². The topological polar surface area (TPSA) is 120 Å². The van der Waals surface area contributed by atoms with Gasteiger partial charge in [-0.2, -0.15) is 10.2 Å². The van der Waals surface area contributed by atoms with Crippen LogP contribution >= 0.6 is 0 Å². The van der Waals surface area contributed by atoms with Crippen molar-refractivity contribution in [2.75, 3.05) is 12.0 Å². The number of anilines is 1. The maximum atomic E-state index is 11.6. The van der Waals surface area contributed by atoms with Gasteiger partial charge in [-0.15, -0.1) is 0 Å². The van der Waals surface area contributed by atoms with E-state index in [-0.39, 0.29) is 6.54 Å². The van der Waals surface area contributed by atoms with Gasteiger partial charge in [0.05, 0.1) is 24.0 Å². The lowest BCUT2D eigenvalue weighted by atomic mass is 10.0. The summed E-state index contributed by atoms with van der Waals surface area (Å²) in [6.07, 6.45) is 4.62. The molecule has 6 rings (SSSR count). The molecule has 0 fully saturated rings. The first-order valence-corrected chi connectivity index (χ1v) is 13.9. The molecule has 0 aliphatic heterocycles. The molecule has 0 unspecified atom stereocenters. The standard InChI is InChI=1S/C28H25N7O2S/c1-38(36,37)32-15-20-8-5-9-22(12-20)26-14-24(27-28(29)30-18-31-35(26)27)21-10-11-23-17-34(33-25(23)13-21)16-19-6-3-2-4-7-19/h2-14,17-18,32H,15-16H2,1H3,(H2,29,30,31). The van der Waals surface area contributed by atoms with Crippen LogP contribution in [0.1, 0.15) is 11.1 Å². The number of hydrogen-bond donors (Lipinski definition) is 2. The molecule has 0 saturated heterocycles. The van der Waals surface area contributed by atoms with Crippen LogP contribution in [0.15, 0.2) is 91.4 Å². The molecule has 0 spiro atoms. The fourth-order valence-corrected chi connectivity index (χ4v) is 5.06. The Labute approximate surface area is 219 Å². The minimum Gasteiger partial charge on any atom is -0.382 e. The van der Waals surface area contributed by atoms with E-state index in [0.29, 0.717) is 17.9 Å². The number of fused-ring (bicyclic) bond motifs is 2. The summed E-state index contributed by atoms with van der Waals surface area (Å²) in [5.41, 5.74) is 13.5. The van der Waals surface area contributed by atoms with Gasteiger partial charge in [-0.25, -0.2) is 22.6 Å². The van der Waals surface area contributed by atoms with Gasteiger partial charge >= 0.3 is 0 Å². The molecule has 0 aliphatic carbocycles. The van der Waals surface area contributed by atoms with Gasteiger partial charge in [0.15, 0.2) is 5.82 Å². The van der Waals surface area contributed by atoms with Crippen LogP contribution in [0.25, 0.3) is 38.8 Å². The van der Waals surface area contributed by atoms with Gasteiger partial charge in [-0.1, -0.05) is 60.7 Å². The van der Waals surface area contributed by atoms with E-state index in [4.69, 9.17) is 10.8 Å². The predicted octanol–water partition coefficient (Wildman–Crippen LogP) is 4.09. The highest BCUT2D eigenvalue weighted by Crippen LogP contribution is 2.36. The van der Waals surface area contributed by atoms with Gasteiger partial charge in [-0.05, 0) is 34.9 Å². The largest absolute Gasteiger partial charge is 0.382 e. The summed E-state index contributed by atoms with van der Waals surface area (Å²) in [4.78, 5) is 4.24. The van der Waals surface area contributed by atoms with E-state index in [1.54, 1.807) is 4.52 Å². The Bertz CT molecular complexity index is 1890. The van der Waals surface area contributed by atoms with Crippen LogP contribution in [0.2, 0.25) is 0 Å². The third-order valence-corrected chi connectivity index (χ3v) is 7.07. The Kier molecular flexibility index (Phi) is 5.90. The molecule has 10 heteroatoms. The Hall–Kier alpha value is -4.54. The predicted molar refractivity (Wildman–Crippen MR) is 149 cm³/mol. The number of nitrogens with one attached hydrogen (secondary N) is 1. The highest BCUT2D eigenvalue weighted by Gasteiger charge is 2.17. The number of nitrogens with zero attached hydrogens (tertiary/aromatic N) is 5. The molecule has 3 aromatic carbocycles. The summed E-state index contributed by atoms with van der Waals surface area (Å²) in [6.45, 7) is 0.887. The van der Waals surface area contributed by atoms with Crippen LogP contribution in [-0.2, 0) is 23.1 Å². The number of aromatic nitrogens is 5. The first-order valence-electron chi connectivity index (χ1n) is 12.0. The van der Waals surface area contributed by atoms with E-state index in [0.717, 1.165) is 45.1 Å². The second-order valence-corrected chi connectivity index (χ2v) is 11.1. The van der Waals surface area contributed by atoms with Crippen molar-refractivity contribution in [3.63, 3.8) is 0 Å². The summed E-state index contributed by atoms with van der Waals surface area (Å²) < 4.78 is 29.4. The summed E-state index contributed by atoms with van der Waals surface area (Å²) in [6, 6.07) is 26.1. The molecular weight excluding hydrogens is 498 g/mol. The van der Waals surface area contributed by atoms with Crippen molar-refractivity contribution in [2.45, 2.75) is 13.1 Å². The van der Waals surface area contributed by atoms with Gasteiger partial charge < -0.3 is 5.73 Å². The average Bonchev–Trinajstić information content (AvgIpc) is 3.49. The van der Waals surface area contributed by atoms with Gasteiger partial charge in [-0.3, -0.25) is 4.68 Å². The highest BCUT2D eigenvalue weighted by atomic mass is 32.2. The van der Waals surface area contributed by atoms with E-state index >= 15 is 0 Å². The molecule has 0 aliphatic rings. The third kappa shape index (κ3) is 4.74. The quantitative estimate of drug-likeness (QED) is 0.325. The van der Waals surface area contributed by atoms with Crippen molar-refractivity contribution < 1.29 is 8.42 Å². The van der Waals surface area contributed by atoms with Crippen LogP contribution in [0.5, 0.6) is 0 Å². The fourth-order valence-electron chi connectivity index (χ4n) is 4.63. The number of sulfonamides is 1. The fraction of sp³-hybridized carbons (Fsp3) is 0.107. The smallest absolute Gasteiger partial charge is 0.209 e. The molecule has 0 bridgehead atoms. The maximum Gasteiger partial charge on any atom is 0.209 e. The number of nitrogen functional groups attached to an aromatic ring is 1. The molecule has 190 valence electrons. The number of benzene rings is 3. The molecule has 0 saturated carbocycles. The number of rotatable bonds is 7. The van der Waals surface area contributed by atoms with Gasteiger partial charge in [0.25, 0.3) is 0 Å². The molecule has 9 nitrogen and oxygen atoms in total. The second kappa shape index (κ2) is 9.40. The van der Waals surface area contributed by atoms with Crippen LogP contribution in [0, 0.1) is 0 Å². The molecule has 0 radical (unpaired) electrons. The molecule has 0 atom stereocenters. The summed E-state index contributed by atoms with van der Waals surface area (Å²) >= 11 is 0. The van der Waals surface area contributed by atoms with Crippen LogP contribution in [0.3, 0.4) is 0 Å². The zero-order chi connectivity index (χ0) is 26.3. The first-order chi connectivity index (χ1) is 18.3. The highest BCUT2D eigenvalue weighted by molar-refractivity contribution is 7.88. The molecular formula is C28H25N7O2S. The number of nitrogens with two attached hydrogens (primary N) is 1. The Morgan fingerprint density at radius 2 is 1.74 bits per heavy atom. The summed E-state index contributed by atoms with van der Waals surface area (Å²) in [7, 11) is -3.31. The normalized spacial score (nSPS) is 11.9. The average molecular weight is 524 g/mol. The van der Waals surface area contributed by atoms with Crippen LogP contribution in [0.4, 0.5) is 5.82 Å². The van der Waals surface area contributed by atoms with Crippen LogP contribution < -0.4 is 10.5 Å². The van der Waals surface area contributed by atoms with Gasteiger partial charge in [0.1, 0.15) is 11.8 Å².